The predicted molar refractivity (Wildman–Crippen MR) is 96.9 cm³/mol. The number of aromatic amines is 1. The molecule has 128 valence electrons. The van der Waals surface area contributed by atoms with Crippen LogP contribution < -0.4 is 10.1 Å². The lowest BCUT2D eigenvalue weighted by Gasteiger charge is -2.08. The minimum atomic E-state index is -0.293. The molecule has 0 saturated carbocycles. The van der Waals surface area contributed by atoms with Gasteiger partial charge in [0.15, 0.2) is 11.2 Å². The van der Waals surface area contributed by atoms with Crippen LogP contribution in [0.5, 0.6) is 5.88 Å². The number of ether oxygens (including phenoxy) is 1. The van der Waals surface area contributed by atoms with Crippen LogP contribution in [0.1, 0.15) is 15.9 Å². The first kappa shape index (κ1) is 15.8. The lowest BCUT2D eigenvalue weighted by atomic mass is 10.2. The Labute approximate surface area is 149 Å². The third-order valence-corrected chi connectivity index (χ3v) is 3.73. The summed E-state index contributed by atoms with van der Waals surface area (Å²) in [4.78, 5) is 28.0. The molecular formula is C19H15N5O2. The Bertz CT molecular complexity index is 1030. The summed E-state index contributed by atoms with van der Waals surface area (Å²) in [6, 6.07) is 18.6. The van der Waals surface area contributed by atoms with E-state index in [2.05, 4.69) is 25.3 Å². The molecular weight excluding hydrogens is 330 g/mol. The van der Waals surface area contributed by atoms with Crippen molar-refractivity contribution in [1.29, 1.82) is 0 Å². The van der Waals surface area contributed by atoms with E-state index in [1.54, 1.807) is 24.3 Å². The average Bonchev–Trinajstić information content (AvgIpc) is 3.16. The molecule has 4 aromatic rings. The van der Waals surface area contributed by atoms with Crippen LogP contribution in [0.4, 0.5) is 5.95 Å². The Kier molecular flexibility index (Phi) is 4.26. The summed E-state index contributed by atoms with van der Waals surface area (Å²) in [5.41, 5.74) is 2.53. The number of carbonyl (C=O) groups is 1. The van der Waals surface area contributed by atoms with Gasteiger partial charge < -0.3 is 9.72 Å². The number of H-pyrrole nitrogens is 1. The summed E-state index contributed by atoms with van der Waals surface area (Å²) in [5.74, 6) is 0.167. The van der Waals surface area contributed by atoms with Gasteiger partial charge in [0.05, 0.1) is 6.33 Å². The Morgan fingerprint density at radius 2 is 1.73 bits per heavy atom. The number of carbonyl (C=O) groups excluding carboxylic acids is 1. The van der Waals surface area contributed by atoms with Crippen molar-refractivity contribution in [2.75, 3.05) is 5.32 Å². The maximum atomic E-state index is 12.3. The summed E-state index contributed by atoms with van der Waals surface area (Å²) in [7, 11) is 0. The fraction of sp³-hybridized carbons (Fsp3) is 0.0526. The molecule has 0 spiro atoms. The number of fused-ring (bicyclic) bond motifs is 1. The zero-order valence-electron chi connectivity index (χ0n) is 13.7. The molecule has 0 radical (unpaired) electrons. The first-order valence-electron chi connectivity index (χ1n) is 8.04. The SMILES string of the molecule is O=C(Nc1nc(OCc2ccccc2)c2nc[nH]c2n1)c1ccccc1. The van der Waals surface area contributed by atoms with Crippen LogP contribution in [-0.2, 0) is 6.61 Å². The summed E-state index contributed by atoms with van der Waals surface area (Å²) >= 11 is 0. The Morgan fingerprint density at radius 3 is 2.50 bits per heavy atom. The molecule has 0 bridgehead atoms. The molecule has 0 aliphatic heterocycles. The van der Waals surface area contributed by atoms with Gasteiger partial charge in [-0.15, -0.1) is 0 Å². The second kappa shape index (κ2) is 7.02. The van der Waals surface area contributed by atoms with Gasteiger partial charge >= 0.3 is 0 Å². The second-order valence-corrected chi connectivity index (χ2v) is 5.55. The van der Waals surface area contributed by atoms with Crippen LogP contribution in [0.25, 0.3) is 11.2 Å². The number of benzene rings is 2. The fourth-order valence-corrected chi connectivity index (χ4v) is 2.45. The van der Waals surface area contributed by atoms with E-state index >= 15 is 0 Å². The predicted octanol–water partition coefficient (Wildman–Crippen LogP) is 3.18. The van der Waals surface area contributed by atoms with E-state index in [1.807, 2.05) is 36.4 Å². The number of imidazole rings is 1. The summed E-state index contributed by atoms with van der Waals surface area (Å²) in [5, 5.41) is 2.69. The highest BCUT2D eigenvalue weighted by atomic mass is 16.5. The van der Waals surface area contributed by atoms with E-state index in [9.17, 15) is 4.79 Å². The van der Waals surface area contributed by atoms with Crippen molar-refractivity contribution in [3.63, 3.8) is 0 Å². The Hall–Kier alpha value is -3.74. The number of rotatable bonds is 5. The number of anilines is 1. The summed E-state index contributed by atoms with van der Waals surface area (Å²) < 4.78 is 5.81. The van der Waals surface area contributed by atoms with Gasteiger partial charge in [-0.1, -0.05) is 48.5 Å². The third-order valence-electron chi connectivity index (χ3n) is 3.73. The van der Waals surface area contributed by atoms with E-state index in [1.165, 1.54) is 6.33 Å². The number of amides is 1. The lowest BCUT2D eigenvalue weighted by molar-refractivity contribution is 0.102. The van der Waals surface area contributed by atoms with Crippen LogP contribution in [0.3, 0.4) is 0 Å². The standard InChI is InChI=1S/C19H15N5O2/c25-17(14-9-5-2-6-10-14)23-19-22-16-15(20-12-21-16)18(24-19)26-11-13-7-3-1-4-8-13/h1-10,12H,11H2,(H2,20,21,22,23,24,25). The van der Waals surface area contributed by atoms with E-state index in [-0.39, 0.29) is 11.9 Å². The van der Waals surface area contributed by atoms with Crippen molar-refractivity contribution in [3.05, 3.63) is 78.1 Å². The van der Waals surface area contributed by atoms with E-state index in [0.717, 1.165) is 5.56 Å². The van der Waals surface area contributed by atoms with Gasteiger partial charge in [-0.3, -0.25) is 10.1 Å². The van der Waals surface area contributed by atoms with Crippen LogP contribution in [0.2, 0.25) is 0 Å². The van der Waals surface area contributed by atoms with Crippen molar-refractivity contribution in [3.8, 4) is 5.88 Å². The molecule has 2 aromatic heterocycles. The molecule has 0 fully saturated rings. The number of hydrogen-bond acceptors (Lipinski definition) is 5. The minimum absolute atomic E-state index is 0.152. The van der Waals surface area contributed by atoms with Gasteiger partial charge in [0, 0.05) is 5.56 Å². The highest BCUT2D eigenvalue weighted by molar-refractivity contribution is 6.03. The Morgan fingerprint density at radius 1 is 1.00 bits per heavy atom. The molecule has 2 aromatic carbocycles. The maximum Gasteiger partial charge on any atom is 0.258 e. The molecule has 0 aliphatic carbocycles. The zero-order valence-corrected chi connectivity index (χ0v) is 13.7. The molecule has 2 heterocycles. The highest BCUT2D eigenvalue weighted by Crippen LogP contribution is 2.22. The molecule has 26 heavy (non-hydrogen) atoms. The molecule has 0 unspecified atom stereocenters. The molecule has 0 atom stereocenters. The van der Waals surface area contributed by atoms with Crippen molar-refractivity contribution in [1.82, 2.24) is 19.9 Å². The van der Waals surface area contributed by atoms with Crippen molar-refractivity contribution < 1.29 is 9.53 Å². The van der Waals surface area contributed by atoms with E-state index in [4.69, 9.17) is 4.74 Å². The van der Waals surface area contributed by atoms with E-state index in [0.29, 0.717) is 29.2 Å². The average molecular weight is 345 g/mol. The van der Waals surface area contributed by atoms with Crippen LogP contribution in [0.15, 0.2) is 67.0 Å². The van der Waals surface area contributed by atoms with Gasteiger partial charge in [-0.25, -0.2) is 4.98 Å². The zero-order chi connectivity index (χ0) is 17.8. The second-order valence-electron chi connectivity index (χ2n) is 5.55. The molecule has 0 aliphatic rings. The van der Waals surface area contributed by atoms with Gasteiger partial charge in [-0.05, 0) is 17.7 Å². The number of nitrogens with one attached hydrogen (secondary N) is 2. The first-order valence-corrected chi connectivity index (χ1v) is 8.04. The van der Waals surface area contributed by atoms with E-state index < -0.39 is 0 Å². The first-order chi connectivity index (χ1) is 12.8. The van der Waals surface area contributed by atoms with Crippen molar-refractivity contribution >= 4 is 23.0 Å². The molecule has 0 saturated heterocycles. The number of hydrogen-bond donors (Lipinski definition) is 2. The molecule has 7 heteroatoms. The van der Waals surface area contributed by atoms with Crippen LogP contribution in [-0.4, -0.2) is 25.8 Å². The molecule has 7 nitrogen and oxygen atoms in total. The van der Waals surface area contributed by atoms with Gasteiger partial charge in [0.1, 0.15) is 6.61 Å². The fourth-order valence-electron chi connectivity index (χ4n) is 2.45. The Balaban J connectivity index is 1.59. The number of nitrogens with zero attached hydrogens (tertiary/aromatic N) is 3. The van der Waals surface area contributed by atoms with Crippen molar-refractivity contribution in [2.24, 2.45) is 0 Å². The van der Waals surface area contributed by atoms with Crippen LogP contribution in [0, 0.1) is 0 Å². The molecule has 2 N–H and O–H groups in total. The summed E-state index contributed by atoms with van der Waals surface area (Å²) in [6.45, 7) is 0.339. The van der Waals surface area contributed by atoms with Crippen LogP contribution >= 0.6 is 0 Å². The highest BCUT2D eigenvalue weighted by Gasteiger charge is 2.14. The molecule has 1 amide bonds. The quantitative estimate of drug-likeness (QED) is 0.579. The topological polar surface area (TPSA) is 92.8 Å². The number of aromatic nitrogens is 4. The molecule has 4 rings (SSSR count). The van der Waals surface area contributed by atoms with Gasteiger partial charge in [0.25, 0.3) is 5.91 Å². The minimum Gasteiger partial charge on any atom is -0.471 e. The normalized spacial score (nSPS) is 10.6. The smallest absolute Gasteiger partial charge is 0.258 e. The lowest BCUT2D eigenvalue weighted by Crippen LogP contribution is -2.14. The van der Waals surface area contributed by atoms with Crippen molar-refractivity contribution in [2.45, 2.75) is 6.61 Å². The van der Waals surface area contributed by atoms with Gasteiger partial charge in [0.2, 0.25) is 11.8 Å². The maximum absolute atomic E-state index is 12.3. The monoisotopic (exact) mass is 345 g/mol. The third kappa shape index (κ3) is 3.36. The van der Waals surface area contributed by atoms with Gasteiger partial charge in [-0.2, -0.15) is 9.97 Å². The summed E-state index contributed by atoms with van der Waals surface area (Å²) in [6.07, 6.45) is 1.51. The largest absolute Gasteiger partial charge is 0.471 e.